The molecule has 1 aromatic rings. The van der Waals surface area contributed by atoms with E-state index in [1.807, 2.05) is 18.4 Å². The number of ether oxygens (including phenoxy) is 2. The fourth-order valence-corrected chi connectivity index (χ4v) is 1.81. The van der Waals surface area contributed by atoms with Gasteiger partial charge in [0.1, 0.15) is 10.9 Å². The third-order valence-corrected chi connectivity index (χ3v) is 2.64. The third-order valence-electron chi connectivity index (χ3n) is 1.66. The molecule has 0 atom stereocenters. The average Bonchev–Trinajstić information content (AvgIpc) is 2.57. The molecule has 1 rings (SSSR count). The van der Waals surface area contributed by atoms with E-state index in [-0.39, 0.29) is 6.61 Å². The molecule has 4 nitrogen and oxygen atoms in total. The number of hydrogen-bond acceptors (Lipinski definition) is 5. The van der Waals surface area contributed by atoms with Crippen LogP contribution in [-0.2, 0) is 9.53 Å². The molecular formula is C10H11NO3S. The minimum Gasteiger partial charge on any atom is -0.479 e. The fourth-order valence-electron chi connectivity index (χ4n) is 1.02. The lowest BCUT2D eigenvalue weighted by molar-refractivity contribution is -0.145. The summed E-state index contributed by atoms with van der Waals surface area (Å²) in [6.45, 7) is 3.74. The standard InChI is InChI=1S/C10H11NO3S/c1-3-13-9(12)5-14-10-7(2)6-15-8(10)4-11/h6H,3,5H2,1-2H3. The summed E-state index contributed by atoms with van der Waals surface area (Å²) < 4.78 is 9.94. The number of carbonyl (C=O) groups excluding carboxylic acids is 1. The predicted octanol–water partition coefficient (Wildman–Crippen LogP) is 1.87. The number of thiophene rings is 1. The largest absolute Gasteiger partial charge is 0.479 e. The lowest BCUT2D eigenvalue weighted by Crippen LogP contribution is -2.14. The Hall–Kier alpha value is -1.54. The van der Waals surface area contributed by atoms with E-state index >= 15 is 0 Å². The first-order valence-electron chi connectivity index (χ1n) is 4.45. The van der Waals surface area contributed by atoms with E-state index in [1.165, 1.54) is 11.3 Å². The molecule has 0 saturated heterocycles. The molecule has 5 heteroatoms. The number of esters is 1. The van der Waals surface area contributed by atoms with Crippen molar-refractivity contribution >= 4 is 17.3 Å². The van der Waals surface area contributed by atoms with Crippen molar-refractivity contribution < 1.29 is 14.3 Å². The molecule has 0 N–H and O–H groups in total. The highest BCUT2D eigenvalue weighted by molar-refractivity contribution is 7.11. The molecule has 0 unspecified atom stereocenters. The van der Waals surface area contributed by atoms with Crippen LogP contribution < -0.4 is 4.74 Å². The van der Waals surface area contributed by atoms with Crippen LogP contribution in [0.25, 0.3) is 0 Å². The fraction of sp³-hybridized carbons (Fsp3) is 0.400. The molecule has 1 aromatic heterocycles. The van der Waals surface area contributed by atoms with Crippen LogP contribution in [0.2, 0.25) is 0 Å². The number of hydrogen-bond donors (Lipinski definition) is 0. The van der Waals surface area contributed by atoms with Crippen molar-refractivity contribution in [1.29, 1.82) is 5.26 Å². The zero-order valence-electron chi connectivity index (χ0n) is 8.57. The molecule has 80 valence electrons. The molecule has 0 radical (unpaired) electrons. The molecule has 0 aliphatic carbocycles. The van der Waals surface area contributed by atoms with Gasteiger partial charge < -0.3 is 9.47 Å². The molecular weight excluding hydrogens is 214 g/mol. The van der Waals surface area contributed by atoms with Crippen molar-refractivity contribution in [1.82, 2.24) is 0 Å². The highest BCUT2D eigenvalue weighted by Crippen LogP contribution is 2.28. The van der Waals surface area contributed by atoms with Gasteiger partial charge in [0.25, 0.3) is 0 Å². The molecule has 0 spiro atoms. The lowest BCUT2D eigenvalue weighted by atomic mass is 10.3. The van der Waals surface area contributed by atoms with Gasteiger partial charge >= 0.3 is 5.97 Å². The molecule has 0 aliphatic heterocycles. The van der Waals surface area contributed by atoms with Crippen LogP contribution in [0.3, 0.4) is 0 Å². The summed E-state index contributed by atoms with van der Waals surface area (Å²) in [5, 5.41) is 10.6. The minimum absolute atomic E-state index is 0.153. The van der Waals surface area contributed by atoms with E-state index in [9.17, 15) is 4.79 Å². The summed E-state index contributed by atoms with van der Waals surface area (Å²) >= 11 is 1.30. The molecule has 1 heterocycles. The quantitative estimate of drug-likeness (QED) is 0.734. The molecule has 0 aromatic carbocycles. The highest BCUT2D eigenvalue weighted by atomic mass is 32.1. The van der Waals surface area contributed by atoms with Gasteiger partial charge in [-0.2, -0.15) is 5.26 Å². The van der Waals surface area contributed by atoms with E-state index < -0.39 is 5.97 Å². The van der Waals surface area contributed by atoms with Gasteiger partial charge in [-0.15, -0.1) is 11.3 Å². The maximum Gasteiger partial charge on any atom is 0.344 e. The minimum atomic E-state index is -0.424. The zero-order valence-corrected chi connectivity index (χ0v) is 9.39. The number of aryl methyl sites for hydroxylation is 1. The van der Waals surface area contributed by atoms with Gasteiger partial charge in [0.15, 0.2) is 12.4 Å². The van der Waals surface area contributed by atoms with E-state index in [4.69, 9.17) is 14.7 Å². The van der Waals surface area contributed by atoms with Gasteiger partial charge in [-0.25, -0.2) is 4.79 Å². The lowest BCUT2D eigenvalue weighted by Gasteiger charge is -2.05. The molecule has 0 bridgehead atoms. The Morgan fingerprint density at radius 1 is 1.67 bits per heavy atom. The molecule has 0 amide bonds. The van der Waals surface area contributed by atoms with E-state index in [1.54, 1.807) is 6.92 Å². The zero-order chi connectivity index (χ0) is 11.3. The molecule has 0 fully saturated rings. The van der Waals surface area contributed by atoms with Crippen molar-refractivity contribution in [2.45, 2.75) is 13.8 Å². The van der Waals surface area contributed by atoms with Crippen molar-refractivity contribution in [2.75, 3.05) is 13.2 Å². The first-order valence-corrected chi connectivity index (χ1v) is 5.33. The maximum atomic E-state index is 11.0. The van der Waals surface area contributed by atoms with Crippen LogP contribution in [0.15, 0.2) is 5.38 Å². The van der Waals surface area contributed by atoms with Crippen molar-refractivity contribution in [3.63, 3.8) is 0 Å². The average molecular weight is 225 g/mol. The van der Waals surface area contributed by atoms with Gasteiger partial charge in [-0.05, 0) is 19.2 Å². The Morgan fingerprint density at radius 3 is 3.00 bits per heavy atom. The summed E-state index contributed by atoms with van der Waals surface area (Å²) in [5.41, 5.74) is 0.862. The van der Waals surface area contributed by atoms with Gasteiger partial charge in [0.2, 0.25) is 0 Å². The highest BCUT2D eigenvalue weighted by Gasteiger charge is 2.11. The summed E-state index contributed by atoms with van der Waals surface area (Å²) in [5.74, 6) is 0.0579. The van der Waals surface area contributed by atoms with E-state index in [2.05, 4.69) is 0 Å². The smallest absolute Gasteiger partial charge is 0.344 e. The molecule has 0 aliphatic rings. The van der Waals surface area contributed by atoms with Gasteiger partial charge in [-0.3, -0.25) is 0 Å². The van der Waals surface area contributed by atoms with Crippen LogP contribution in [0, 0.1) is 18.3 Å². The predicted molar refractivity (Wildman–Crippen MR) is 55.9 cm³/mol. The second-order valence-electron chi connectivity index (χ2n) is 2.78. The number of nitrogens with zero attached hydrogens (tertiary/aromatic N) is 1. The second kappa shape index (κ2) is 5.37. The molecule has 15 heavy (non-hydrogen) atoms. The van der Waals surface area contributed by atoms with Gasteiger partial charge in [-0.1, -0.05) is 0 Å². The monoisotopic (exact) mass is 225 g/mol. The Labute approximate surface area is 92.0 Å². The summed E-state index contributed by atoms with van der Waals surface area (Å²) in [4.78, 5) is 11.5. The SMILES string of the molecule is CCOC(=O)COc1c(C)csc1C#N. The van der Waals surface area contributed by atoms with Gasteiger partial charge in [0.05, 0.1) is 6.61 Å². The Balaban J connectivity index is 2.61. The maximum absolute atomic E-state index is 11.0. The van der Waals surface area contributed by atoms with Crippen molar-refractivity contribution in [2.24, 2.45) is 0 Å². The molecule has 0 saturated carbocycles. The van der Waals surface area contributed by atoms with Crippen LogP contribution >= 0.6 is 11.3 Å². The Kier molecular flexibility index (Phi) is 4.13. The first-order chi connectivity index (χ1) is 7.19. The second-order valence-corrected chi connectivity index (χ2v) is 3.66. The number of rotatable bonds is 4. The van der Waals surface area contributed by atoms with Gasteiger partial charge in [0, 0.05) is 5.56 Å². The number of carbonyl (C=O) groups is 1. The van der Waals surface area contributed by atoms with Crippen molar-refractivity contribution in [3.05, 3.63) is 15.8 Å². The van der Waals surface area contributed by atoms with E-state index in [0.717, 1.165) is 5.56 Å². The Bertz CT molecular complexity index is 392. The topological polar surface area (TPSA) is 59.3 Å². The van der Waals surface area contributed by atoms with Crippen LogP contribution in [0.5, 0.6) is 5.75 Å². The van der Waals surface area contributed by atoms with Crippen LogP contribution in [0.4, 0.5) is 0 Å². The summed E-state index contributed by atoms with van der Waals surface area (Å²) in [7, 11) is 0. The summed E-state index contributed by atoms with van der Waals surface area (Å²) in [6, 6.07) is 2.01. The first kappa shape index (κ1) is 11.5. The summed E-state index contributed by atoms with van der Waals surface area (Å²) in [6.07, 6.45) is 0. The van der Waals surface area contributed by atoms with Crippen LogP contribution in [-0.4, -0.2) is 19.2 Å². The van der Waals surface area contributed by atoms with E-state index in [0.29, 0.717) is 17.2 Å². The normalized spacial score (nSPS) is 9.40. The van der Waals surface area contributed by atoms with Crippen LogP contribution in [0.1, 0.15) is 17.4 Å². The Morgan fingerprint density at radius 2 is 2.40 bits per heavy atom. The number of nitriles is 1. The van der Waals surface area contributed by atoms with Crippen molar-refractivity contribution in [3.8, 4) is 11.8 Å². The third kappa shape index (κ3) is 2.96.